The zero-order chi connectivity index (χ0) is 17.7. The van der Waals surface area contributed by atoms with Gasteiger partial charge in [-0.3, -0.25) is 9.59 Å². The van der Waals surface area contributed by atoms with E-state index in [1.54, 1.807) is 30.3 Å². The third-order valence-corrected chi connectivity index (χ3v) is 3.94. The molecule has 0 aliphatic carbocycles. The highest BCUT2D eigenvalue weighted by Gasteiger charge is 2.07. The van der Waals surface area contributed by atoms with Crippen LogP contribution in [0.5, 0.6) is 5.75 Å². The number of phenolic OH excluding ortho intramolecular Hbond substituents is 1. The fourth-order valence-corrected chi connectivity index (χ4v) is 2.88. The van der Waals surface area contributed by atoms with Crippen molar-refractivity contribution in [2.45, 2.75) is 6.92 Å². The molecule has 0 fully saturated rings. The molecule has 0 bridgehead atoms. The fourth-order valence-electron chi connectivity index (χ4n) is 1.82. The van der Waals surface area contributed by atoms with Crippen LogP contribution in [0.4, 0.5) is 5.69 Å². The van der Waals surface area contributed by atoms with Crippen LogP contribution in [-0.4, -0.2) is 23.1 Å². The Hall–Kier alpha value is -2.13. The standard InChI is InChI=1S/C16H13ClIN3O3/c1-9(22)20-13-4-2-10(3-5-13)16(24)21-19-8-11-6-12(17)7-14(18)15(11)23/h2-8,23H,1H3,(H,20,22)(H,21,24)/b19-8+. The quantitative estimate of drug-likeness (QED) is 0.373. The Morgan fingerprint density at radius 2 is 1.92 bits per heavy atom. The van der Waals surface area contributed by atoms with Crippen molar-refractivity contribution >= 4 is 57.9 Å². The maximum absolute atomic E-state index is 12.0. The normalized spacial score (nSPS) is 10.6. The van der Waals surface area contributed by atoms with Crippen LogP contribution in [0, 0.1) is 3.57 Å². The number of carbonyl (C=O) groups is 2. The van der Waals surface area contributed by atoms with Crippen LogP contribution in [0.1, 0.15) is 22.8 Å². The number of phenols is 1. The van der Waals surface area contributed by atoms with E-state index < -0.39 is 5.91 Å². The molecule has 0 spiro atoms. The maximum atomic E-state index is 12.0. The highest BCUT2D eigenvalue weighted by atomic mass is 127. The second-order valence-electron chi connectivity index (χ2n) is 4.78. The molecule has 0 aliphatic heterocycles. The first kappa shape index (κ1) is 18.2. The highest BCUT2D eigenvalue weighted by molar-refractivity contribution is 14.1. The molecule has 0 heterocycles. The summed E-state index contributed by atoms with van der Waals surface area (Å²) in [6.07, 6.45) is 1.31. The summed E-state index contributed by atoms with van der Waals surface area (Å²) in [7, 11) is 0. The van der Waals surface area contributed by atoms with Crippen LogP contribution in [0.15, 0.2) is 41.5 Å². The van der Waals surface area contributed by atoms with Crippen molar-refractivity contribution in [1.82, 2.24) is 5.43 Å². The number of hydrogen-bond acceptors (Lipinski definition) is 4. The number of anilines is 1. The SMILES string of the molecule is CC(=O)Nc1ccc(C(=O)N/N=C/c2cc(Cl)cc(I)c2O)cc1. The van der Waals surface area contributed by atoms with Crippen LogP contribution in [0.3, 0.4) is 0 Å². The number of nitrogens with one attached hydrogen (secondary N) is 2. The van der Waals surface area contributed by atoms with Gasteiger partial charge in [0.05, 0.1) is 9.78 Å². The van der Waals surface area contributed by atoms with Crippen molar-refractivity contribution < 1.29 is 14.7 Å². The summed E-state index contributed by atoms with van der Waals surface area (Å²) in [5.74, 6) is -0.567. The third kappa shape index (κ3) is 4.93. The average Bonchev–Trinajstić information content (AvgIpc) is 2.52. The number of aromatic hydroxyl groups is 1. The second-order valence-corrected chi connectivity index (χ2v) is 6.38. The number of hydrogen-bond donors (Lipinski definition) is 3. The number of carbonyl (C=O) groups excluding carboxylic acids is 2. The molecule has 2 aromatic rings. The van der Waals surface area contributed by atoms with Gasteiger partial charge in [-0.15, -0.1) is 0 Å². The van der Waals surface area contributed by atoms with Crippen molar-refractivity contribution in [2.24, 2.45) is 5.10 Å². The zero-order valence-corrected chi connectivity index (χ0v) is 15.4. The second kappa shape index (κ2) is 8.11. The first-order valence-electron chi connectivity index (χ1n) is 6.76. The minimum absolute atomic E-state index is 0.0395. The van der Waals surface area contributed by atoms with Gasteiger partial charge >= 0.3 is 0 Å². The van der Waals surface area contributed by atoms with Crippen LogP contribution in [-0.2, 0) is 4.79 Å². The molecule has 0 saturated carbocycles. The Kier molecular flexibility index (Phi) is 6.16. The number of halogens is 2. The molecule has 6 nitrogen and oxygen atoms in total. The van der Waals surface area contributed by atoms with Gasteiger partial charge in [0, 0.05) is 28.8 Å². The topological polar surface area (TPSA) is 90.8 Å². The van der Waals surface area contributed by atoms with E-state index in [1.165, 1.54) is 19.2 Å². The van der Waals surface area contributed by atoms with Gasteiger partial charge in [0.15, 0.2) is 0 Å². The summed E-state index contributed by atoms with van der Waals surface area (Å²) in [4.78, 5) is 22.9. The zero-order valence-electron chi connectivity index (χ0n) is 12.5. The molecule has 0 aromatic heterocycles. The fraction of sp³-hybridized carbons (Fsp3) is 0.0625. The van der Waals surface area contributed by atoms with Crippen molar-refractivity contribution in [3.8, 4) is 5.75 Å². The largest absolute Gasteiger partial charge is 0.506 e. The minimum atomic E-state index is -0.420. The van der Waals surface area contributed by atoms with Crippen molar-refractivity contribution in [1.29, 1.82) is 0 Å². The molecule has 124 valence electrons. The predicted octanol–water partition coefficient (Wildman–Crippen LogP) is 3.37. The van der Waals surface area contributed by atoms with Gasteiger partial charge in [-0.05, 0) is 59.0 Å². The van der Waals surface area contributed by atoms with E-state index in [2.05, 4.69) is 15.8 Å². The summed E-state index contributed by atoms with van der Waals surface area (Å²) in [5.41, 5.74) is 3.74. The van der Waals surface area contributed by atoms with Gasteiger partial charge in [-0.2, -0.15) is 5.10 Å². The molecular weight excluding hydrogens is 445 g/mol. The molecule has 3 N–H and O–H groups in total. The number of benzene rings is 2. The minimum Gasteiger partial charge on any atom is -0.506 e. The van der Waals surface area contributed by atoms with Crippen LogP contribution in [0.2, 0.25) is 5.02 Å². The van der Waals surface area contributed by atoms with Gasteiger partial charge < -0.3 is 10.4 Å². The molecule has 0 atom stereocenters. The van der Waals surface area contributed by atoms with E-state index in [-0.39, 0.29) is 11.7 Å². The number of rotatable bonds is 4. The molecule has 24 heavy (non-hydrogen) atoms. The number of amides is 2. The molecule has 2 rings (SSSR count). The summed E-state index contributed by atoms with van der Waals surface area (Å²) >= 11 is 7.86. The van der Waals surface area contributed by atoms with Gasteiger partial charge in [-0.1, -0.05) is 11.6 Å². The van der Waals surface area contributed by atoms with Gasteiger partial charge in [0.1, 0.15) is 5.75 Å². The Bertz CT molecular complexity index is 807. The molecule has 0 aliphatic rings. The average molecular weight is 458 g/mol. The lowest BCUT2D eigenvalue weighted by Gasteiger charge is -2.04. The monoisotopic (exact) mass is 457 g/mol. The Labute approximate surface area is 157 Å². The molecule has 2 aromatic carbocycles. The summed E-state index contributed by atoms with van der Waals surface area (Å²) in [6.45, 7) is 1.40. The van der Waals surface area contributed by atoms with E-state index in [0.717, 1.165) is 0 Å². The van der Waals surface area contributed by atoms with E-state index in [4.69, 9.17) is 11.6 Å². The lowest BCUT2D eigenvalue weighted by Crippen LogP contribution is -2.17. The smallest absolute Gasteiger partial charge is 0.271 e. The Morgan fingerprint density at radius 1 is 1.25 bits per heavy atom. The van der Waals surface area contributed by atoms with Gasteiger partial charge in [0.25, 0.3) is 5.91 Å². The van der Waals surface area contributed by atoms with Crippen LogP contribution >= 0.6 is 34.2 Å². The van der Waals surface area contributed by atoms with Crippen LogP contribution < -0.4 is 10.7 Å². The first-order chi connectivity index (χ1) is 11.4. The number of hydrazone groups is 1. The molecule has 8 heteroatoms. The molecule has 0 radical (unpaired) electrons. The van der Waals surface area contributed by atoms with E-state index in [0.29, 0.717) is 25.4 Å². The van der Waals surface area contributed by atoms with E-state index in [9.17, 15) is 14.7 Å². The van der Waals surface area contributed by atoms with E-state index >= 15 is 0 Å². The predicted molar refractivity (Wildman–Crippen MR) is 102 cm³/mol. The van der Waals surface area contributed by atoms with Crippen molar-refractivity contribution in [3.63, 3.8) is 0 Å². The summed E-state index contributed by atoms with van der Waals surface area (Å²) in [6, 6.07) is 9.52. The van der Waals surface area contributed by atoms with Gasteiger partial charge in [0.2, 0.25) is 5.91 Å². The lowest BCUT2D eigenvalue weighted by molar-refractivity contribution is -0.114. The van der Waals surface area contributed by atoms with E-state index in [1.807, 2.05) is 22.6 Å². The van der Waals surface area contributed by atoms with Gasteiger partial charge in [-0.25, -0.2) is 5.43 Å². The van der Waals surface area contributed by atoms with Crippen molar-refractivity contribution in [2.75, 3.05) is 5.32 Å². The Balaban J connectivity index is 2.04. The molecule has 0 saturated heterocycles. The summed E-state index contributed by atoms with van der Waals surface area (Å²) in [5, 5.41) is 16.8. The molecule has 2 amide bonds. The first-order valence-corrected chi connectivity index (χ1v) is 8.21. The van der Waals surface area contributed by atoms with Crippen molar-refractivity contribution in [3.05, 3.63) is 56.1 Å². The third-order valence-electron chi connectivity index (χ3n) is 2.89. The Morgan fingerprint density at radius 3 is 2.54 bits per heavy atom. The molecule has 0 unspecified atom stereocenters. The molecular formula is C16H13ClIN3O3. The maximum Gasteiger partial charge on any atom is 0.271 e. The number of nitrogens with zero attached hydrogens (tertiary/aromatic N) is 1. The summed E-state index contributed by atoms with van der Waals surface area (Å²) < 4.78 is 0.585. The lowest BCUT2D eigenvalue weighted by atomic mass is 10.2. The van der Waals surface area contributed by atoms with Crippen LogP contribution in [0.25, 0.3) is 0 Å². The highest BCUT2D eigenvalue weighted by Crippen LogP contribution is 2.27.